The van der Waals surface area contributed by atoms with Gasteiger partial charge in [0.15, 0.2) is 18.2 Å². The van der Waals surface area contributed by atoms with Crippen molar-refractivity contribution in [2.45, 2.75) is 30.8 Å². The smallest absolute Gasteiger partial charge is 0.275 e. The summed E-state index contributed by atoms with van der Waals surface area (Å²) < 4.78 is 48.8. The predicted octanol–water partition coefficient (Wildman–Crippen LogP) is 1.11. The number of hydrogen-bond acceptors (Lipinski definition) is 3. The first-order valence-corrected chi connectivity index (χ1v) is 9.83. The number of benzene rings is 2. The second-order valence-electron chi connectivity index (χ2n) is 6.31. The van der Waals surface area contributed by atoms with E-state index in [2.05, 4.69) is 5.32 Å². The van der Waals surface area contributed by atoms with E-state index < -0.39 is 21.7 Å². The van der Waals surface area contributed by atoms with Gasteiger partial charge in [0.1, 0.15) is 6.04 Å². The van der Waals surface area contributed by atoms with E-state index >= 15 is 0 Å². The van der Waals surface area contributed by atoms with Crippen molar-refractivity contribution in [1.29, 1.82) is 0 Å². The largest absolute Gasteiger partial charge is 0.345 e. The molecule has 0 fully saturated rings. The monoisotopic (exact) mass is 398 g/mol. The third-order valence-electron chi connectivity index (χ3n) is 4.21. The van der Waals surface area contributed by atoms with Crippen molar-refractivity contribution < 1.29 is 27.3 Å². The minimum atomic E-state index is -3.76. The SMILES string of the molecule is C[C@@H](NC(=O)C[NH2+][C@H](C)c1ccc(F)c(F)c1)c1ccc(S(N)(=O)=O)cc1. The number of primary sulfonamides is 1. The van der Waals surface area contributed by atoms with Crippen molar-refractivity contribution in [2.24, 2.45) is 5.14 Å². The van der Waals surface area contributed by atoms with Crippen molar-refractivity contribution >= 4 is 15.9 Å². The number of hydrogen-bond donors (Lipinski definition) is 3. The molecule has 2 rings (SSSR count). The normalized spacial score (nSPS) is 13.8. The number of nitrogens with two attached hydrogens (primary N) is 2. The van der Waals surface area contributed by atoms with Gasteiger partial charge in [0.05, 0.1) is 10.9 Å². The molecule has 0 saturated carbocycles. The second kappa shape index (κ2) is 8.55. The lowest BCUT2D eigenvalue weighted by Gasteiger charge is -2.16. The summed E-state index contributed by atoms with van der Waals surface area (Å²) in [7, 11) is -3.76. The summed E-state index contributed by atoms with van der Waals surface area (Å²) >= 11 is 0. The van der Waals surface area contributed by atoms with Gasteiger partial charge in [-0.3, -0.25) is 4.79 Å². The Morgan fingerprint density at radius 2 is 1.67 bits per heavy atom. The average molecular weight is 398 g/mol. The highest BCUT2D eigenvalue weighted by Gasteiger charge is 2.16. The van der Waals surface area contributed by atoms with Crippen LogP contribution >= 0.6 is 0 Å². The molecular formula is C18H22F2N3O3S+. The van der Waals surface area contributed by atoms with E-state index in [1.807, 2.05) is 0 Å². The Labute approximate surface area is 156 Å². The first kappa shape index (κ1) is 20.9. The zero-order valence-electron chi connectivity index (χ0n) is 14.9. The van der Waals surface area contributed by atoms with Gasteiger partial charge < -0.3 is 10.6 Å². The zero-order valence-corrected chi connectivity index (χ0v) is 15.8. The van der Waals surface area contributed by atoms with Crippen molar-refractivity contribution in [2.75, 3.05) is 6.54 Å². The molecule has 2 atom stereocenters. The Morgan fingerprint density at radius 1 is 1.07 bits per heavy atom. The van der Waals surface area contributed by atoms with Crippen molar-refractivity contribution in [3.8, 4) is 0 Å². The Balaban J connectivity index is 1.90. The highest BCUT2D eigenvalue weighted by atomic mass is 32.2. The fraction of sp³-hybridized carbons (Fsp3) is 0.278. The summed E-state index contributed by atoms with van der Waals surface area (Å²) in [5.41, 5.74) is 1.30. The lowest BCUT2D eigenvalue weighted by molar-refractivity contribution is -0.682. The molecule has 6 nitrogen and oxygen atoms in total. The van der Waals surface area contributed by atoms with E-state index in [4.69, 9.17) is 5.14 Å². The highest BCUT2D eigenvalue weighted by Crippen LogP contribution is 2.15. The summed E-state index contributed by atoms with van der Waals surface area (Å²) in [6, 6.07) is 9.01. The molecule has 0 aromatic heterocycles. The predicted molar refractivity (Wildman–Crippen MR) is 95.9 cm³/mol. The maximum Gasteiger partial charge on any atom is 0.275 e. The van der Waals surface area contributed by atoms with Gasteiger partial charge in [-0.15, -0.1) is 0 Å². The van der Waals surface area contributed by atoms with Crippen LogP contribution in [0.15, 0.2) is 47.4 Å². The number of halogens is 2. The molecule has 0 spiro atoms. The van der Waals surface area contributed by atoms with E-state index in [0.717, 1.165) is 17.7 Å². The lowest BCUT2D eigenvalue weighted by atomic mass is 10.1. The van der Waals surface area contributed by atoms with Crippen molar-refractivity contribution in [1.82, 2.24) is 5.32 Å². The molecule has 9 heteroatoms. The lowest BCUT2D eigenvalue weighted by Crippen LogP contribution is -2.87. The Hall–Kier alpha value is -2.36. The van der Waals surface area contributed by atoms with Crippen molar-refractivity contribution in [3.63, 3.8) is 0 Å². The molecule has 27 heavy (non-hydrogen) atoms. The molecule has 2 aromatic rings. The molecular weight excluding hydrogens is 376 g/mol. The molecule has 5 N–H and O–H groups in total. The Morgan fingerprint density at radius 3 is 2.22 bits per heavy atom. The van der Waals surface area contributed by atoms with E-state index in [9.17, 15) is 22.0 Å². The third kappa shape index (κ3) is 5.81. The van der Waals surface area contributed by atoms with Crippen LogP contribution in [0.4, 0.5) is 8.78 Å². The fourth-order valence-electron chi connectivity index (χ4n) is 2.55. The molecule has 1 amide bonds. The van der Waals surface area contributed by atoms with E-state index in [1.165, 1.54) is 18.2 Å². The maximum atomic E-state index is 13.3. The van der Waals surface area contributed by atoms with Crippen LogP contribution in [0.3, 0.4) is 0 Å². The number of carbonyl (C=O) groups excluding carboxylic acids is 1. The molecule has 146 valence electrons. The summed E-state index contributed by atoms with van der Waals surface area (Å²) in [6.45, 7) is 3.65. The Kier molecular flexibility index (Phi) is 6.63. The number of amides is 1. The van der Waals surface area contributed by atoms with E-state index in [0.29, 0.717) is 5.56 Å². The molecule has 0 aliphatic rings. The molecule has 0 saturated heterocycles. The minimum absolute atomic E-state index is 0.00142. The molecule has 0 aliphatic carbocycles. The summed E-state index contributed by atoms with van der Waals surface area (Å²) in [6.07, 6.45) is 0. The molecule has 0 unspecified atom stereocenters. The van der Waals surface area contributed by atoms with Gasteiger partial charge >= 0.3 is 0 Å². The van der Waals surface area contributed by atoms with Crippen LogP contribution in [0.5, 0.6) is 0 Å². The minimum Gasteiger partial charge on any atom is -0.345 e. The third-order valence-corrected chi connectivity index (χ3v) is 5.14. The van der Waals surface area contributed by atoms with Crippen LogP contribution in [0, 0.1) is 11.6 Å². The molecule has 0 radical (unpaired) electrons. The summed E-state index contributed by atoms with van der Waals surface area (Å²) in [5, 5.41) is 9.56. The standard InChI is InChI=1S/C18H21F2N3O3S/c1-11(14-5-8-16(19)17(20)9-14)22-10-18(24)23-12(2)13-3-6-15(7-4-13)27(21,25)26/h3-9,11-12,22H,10H2,1-2H3,(H,23,24)(H2,21,25,26)/p+1/t11-,12-/m1/s1. The topological polar surface area (TPSA) is 106 Å². The van der Waals surface area contributed by atoms with Crippen LogP contribution in [-0.2, 0) is 14.8 Å². The Bertz CT molecular complexity index is 918. The van der Waals surface area contributed by atoms with Gasteiger partial charge in [-0.2, -0.15) is 0 Å². The summed E-state index contributed by atoms with van der Waals surface area (Å²) in [5.74, 6) is -2.08. The number of nitrogens with one attached hydrogen (secondary N) is 1. The van der Waals surface area contributed by atoms with Gasteiger partial charge in [-0.25, -0.2) is 22.3 Å². The van der Waals surface area contributed by atoms with Crippen LogP contribution in [0.1, 0.15) is 37.1 Å². The number of quaternary nitrogens is 1. The zero-order chi connectivity index (χ0) is 20.2. The number of sulfonamides is 1. The quantitative estimate of drug-likeness (QED) is 0.651. The molecule has 0 aliphatic heterocycles. The first-order chi connectivity index (χ1) is 12.6. The van der Waals surface area contributed by atoms with Crippen LogP contribution in [0.2, 0.25) is 0 Å². The van der Waals surface area contributed by atoms with Crippen LogP contribution in [-0.4, -0.2) is 20.9 Å². The van der Waals surface area contributed by atoms with Gasteiger partial charge in [0.2, 0.25) is 10.0 Å². The molecule has 0 heterocycles. The van der Waals surface area contributed by atoms with Gasteiger partial charge in [0, 0.05) is 5.56 Å². The van der Waals surface area contributed by atoms with E-state index in [1.54, 1.807) is 31.3 Å². The first-order valence-electron chi connectivity index (χ1n) is 8.28. The number of carbonyl (C=O) groups is 1. The van der Waals surface area contributed by atoms with Gasteiger partial charge in [0.25, 0.3) is 5.91 Å². The van der Waals surface area contributed by atoms with Crippen LogP contribution in [0.25, 0.3) is 0 Å². The average Bonchev–Trinajstić information content (AvgIpc) is 2.61. The summed E-state index contributed by atoms with van der Waals surface area (Å²) in [4.78, 5) is 12.1. The van der Waals surface area contributed by atoms with E-state index in [-0.39, 0.29) is 29.4 Å². The van der Waals surface area contributed by atoms with Crippen LogP contribution < -0.4 is 15.8 Å². The fourth-order valence-corrected chi connectivity index (χ4v) is 3.06. The molecule has 2 aromatic carbocycles. The van der Waals surface area contributed by atoms with Crippen molar-refractivity contribution in [3.05, 3.63) is 65.2 Å². The van der Waals surface area contributed by atoms with Gasteiger partial charge in [-0.1, -0.05) is 12.1 Å². The number of rotatable bonds is 7. The second-order valence-corrected chi connectivity index (χ2v) is 7.87. The highest BCUT2D eigenvalue weighted by molar-refractivity contribution is 7.89. The maximum absolute atomic E-state index is 13.3. The molecule has 0 bridgehead atoms. The van der Waals surface area contributed by atoms with Gasteiger partial charge in [-0.05, 0) is 49.7 Å².